The molecule has 3 aromatic rings. The topological polar surface area (TPSA) is 76.7 Å². The van der Waals surface area contributed by atoms with Crippen LogP contribution < -0.4 is 4.74 Å². The van der Waals surface area contributed by atoms with Crippen LogP contribution in [-0.2, 0) is 9.47 Å². The van der Waals surface area contributed by atoms with Crippen LogP contribution in [0.1, 0.15) is 82.4 Å². The molecule has 2 heterocycles. The van der Waals surface area contributed by atoms with Gasteiger partial charge in [-0.3, -0.25) is 4.90 Å². The third kappa shape index (κ3) is 7.18. The number of rotatable bonds is 11. The van der Waals surface area contributed by atoms with E-state index in [1.54, 1.807) is 31.2 Å². The molecule has 1 aromatic heterocycles. The maximum Gasteiger partial charge on any atom is 0.356 e. The lowest BCUT2D eigenvalue weighted by atomic mass is 10.0. The number of nitriles is 1. The highest BCUT2D eigenvalue weighted by molar-refractivity contribution is 5.94. The van der Waals surface area contributed by atoms with Gasteiger partial charge < -0.3 is 18.8 Å². The molecule has 7 nitrogen and oxygen atoms in total. The van der Waals surface area contributed by atoms with Gasteiger partial charge in [0.15, 0.2) is 17.4 Å². The fourth-order valence-electron chi connectivity index (χ4n) is 5.31. The zero-order valence-electron chi connectivity index (χ0n) is 25.0. The Labute approximate surface area is 246 Å². The molecule has 224 valence electrons. The van der Waals surface area contributed by atoms with Crippen molar-refractivity contribution in [1.29, 1.82) is 5.26 Å². The van der Waals surface area contributed by atoms with Crippen molar-refractivity contribution in [2.45, 2.75) is 78.2 Å². The lowest BCUT2D eigenvalue weighted by molar-refractivity contribution is -0.131. The number of carbonyl (C=O) groups is 1. The molecule has 9 heteroatoms. The van der Waals surface area contributed by atoms with Gasteiger partial charge >= 0.3 is 5.97 Å². The maximum absolute atomic E-state index is 14.1. The molecule has 2 aromatic carbocycles. The van der Waals surface area contributed by atoms with E-state index in [-0.39, 0.29) is 41.5 Å². The number of aromatic nitrogens is 1. The molecule has 1 unspecified atom stereocenters. The van der Waals surface area contributed by atoms with E-state index in [1.165, 1.54) is 6.07 Å². The highest BCUT2D eigenvalue weighted by Gasteiger charge is 2.35. The second kappa shape index (κ2) is 13.5. The van der Waals surface area contributed by atoms with Gasteiger partial charge in [0.1, 0.15) is 23.7 Å². The Bertz CT molecular complexity index is 1400. The Morgan fingerprint density at radius 3 is 2.40 bits per heavy atom. The van der Waals surface area contributed by atoms with Gasteiger partial charge in [-0.05, 0) is 76.8 Å². The van der Waals surface area contributed by atoms with Crippen molar-refractivity contribution >= 4 is 5.97 Å². The monoisotopic (exact) mass is 579 g/mol. The van der Waals surface area contributed by atoms with Crippen molar-refractivity contribution < 1.29 is 27.8 Å². The Balaban J connectivity index is 1.66. The lowest BCUT2D eigenvalue weighted by Crippen LogP contribution is -2.40. The number of benzene rings is 2. The van der Waals surface area contributed by atoms with E-state index in [9.17, 15) is 18.8 Å². The minimum Gasteiger partial charge on any atom is -0.461 e. The van der Waals surface area contributed by atoms with E-state index >= 15 is 0 Å². The van der Waals surface area contributed by atoms with Crippen LogP contribution in [0.2, 0.25) is 0 Å². The minimum atomic E-state index is -0.808. The molecule has 0 saturated carbocycles. The van der Waals surface area contributed by atoms with Crippen LogP contribution in [0.4, 0.5) is 8.78 Å². The van der Waals surface area contributed by atoms with Crippen LogP contribution in [0.15, 0.2) is 48.7 Å². The Kier molecular flexibility index (Phi) is 10.0. The molecule has 0 N–H and O–H groups in total. The zero-order valence-corrected chi connectivity index (χ0v) is 25.0. The minimum absolute atomic E-state index is 0.0432. The van der Waals surface area contributed by atoms with Gasteiger partial charge in [-0.15, -0.1) is 0 Å². The van der Waals surface area contributed by atoms with Crippen molar-refractivity contribution in [3.05, 3.63) is 71.6 Å². The van der Waals surface area contributed by atoms with E-state index in [0.717, 1.165) is 44.4 Å². The molecule has 2 atom stereocenters. The molecule has 0 radical (unpaired) electrons. The quantitative estimate of drug-likeness (QED) is 0.215. The Morgan fingerprint density at radius 2 is 1.81 bits per heavy atom. The number of likely N-dealkylation sites (tertiary alicyclic amines) is 1. The molecule has 4 rings (SSSR count). The number of unbranched alkanes of at least 4 members (excludes halogenated alkanes) is 1. The highest BCUT2D eigenvalue weighted by Crippen LogP contribution is 2.36. The fraction of sp³-hybridized carbons (Fsp3) is 0.455. The number of halogens is 2. The largest absolute Gasteiger partial charge is 0.461 e. The smallest absolute Gasteiger partial charge is 0.356 e. The van der Waals surface area contributed by atoms with E-state index < -0.39 is 23.4 Å². The summed E-state index contributed by atoms with van der Waals surface area (Å²) in [5.74, 6) is -2.43. The third-order valence-electron chi connectivity index (χ3n) is 7.21. The van der Waals surface area contributed by atoms with Gasteiger partial charge in [-0.25, -0.2) is 13.6 Å². The first-order valence-corrected chi connectivity index (χ1v) is 14.5. The van der Waals surface area contributed by atoms with Gasteiger partial charge in [0.25, 0.3) is 0 Å². The lowest BCUT2D eigenvalue weighted by Gasteiger charge is -2.34. The van der Waals surface area contributed by atoms with Crippen molar-refractivity contribution in [2.75, 3.05) is 19.7 Å². The van der Waals surface area contributed by atoms with E-state index in [2.05, 4.69) is 38.7 Å². The molecule has 1 fully saturated rings. The first-order chi connectivity index (χ1) is 20.1. The van der Waals surface area contributed by atoms with Crippen molar-refractivity contribution in [2.24, 2.45) is 0 Å². The second-order valence-corrected chi connectivity index (χ2v) is 11.4. The number of nitrogens with zero attached hydrogens (tertiary/aromatic N) is 3. The summed E-state index contributed by atoms with van der Waals surface area (Å²) >= 11 is 0. The summed E-state index contributed by atoms with van der Waals surface area (Å²) in [5, 5.41) is 10.2. The van der Waals surface area contributed by atoms with Crippen LogP contribution in [0.5, 0.6) is 11.5 Å². The molecule has 1 saturated heterocycles. The molecular formula is C33H39F2N3O4. The summed E-state index contributed by atoms with van der Waals surface area (Å²) in [6.45, 7) is 11.7. The first kappa shape index (κ1) is 31.2. The Hall–Kier alpha value is -3.74. The van der Waals surface area contributed by atoms with Crippen LogP contribution in [0.3, 0.4) is 0 Å². The second-order valence-electron chi connectivity index (χ2n) is 11.4. The number of ether oxygens (including phenoxy) is 3. The van der Waals surface area contributed by atoms with Gasteiger partial charge in [-0.2, -0.15) is 5.26 Å². The van der Waals surface area contributed by atoms with Crippen LogP contribution in [-0.4, -0.2) is 47.0 Å². The summed E-state index contributed by atoms with van der Waals surface area (Å²) < 4.78 is 47.3. The van der Waals surface area contributed by atoms with Crippen molar-refractivity contribution in [1.82, 2.24) is 9.47 Å². The SMILES string of the molecule is CCCCC(OC(C)(C)C)N1CC[C@@H](n2cc(-c3ccc(Oc4c(F)cccc4F)cc3)c(C#N)c2C(=O)OCC)C1. The van der Waals surface area contributed by atoms with Gasteiger partial charge in [0, 0.05) is 30.9 Å². The van der Waals surface area contributed by atoms with Gasteiger partial charge in [-0.1, -0.05) is 31.5 Å². The van der Waals surface area contributed by atoms with E-state index in [1.807, 2.05) is 10.8 Å². The molecule has 0 amide bonds. The summed E-state index contributed by atoms with van der Waals surface area (Å²) in [4.78, 5) is 15.5. The number of hydrogen-bond acceptors (Lipinski definition) is 6. The van der Waals surface area contributed by atoms with E-state index in [4.69, 9.17) is 14.2 Å². The molecule has 1 aliphatic heterocycles. The molecule has 0 spiro atoms. The summed E-state index contributed by atoms with van der Waals surface area (Å²) in [5.41, 5.74) is 1.36. The molecular weight excluding hydrogens is 540 g/mol. The van der Waals surface area contributed by atoms with E-state index in [0.29, 0.717) is 17.7 Å². The standard InChI is InChI=1S/C33H39F2N3O4/c1-6-8-12-29(42-33(3,4)5)37-18-17-23(20-37)38-21-26(25(19-36)30(38)32(39)40-7-2)22-13-15-24(16-14-22)41-31-27(34)10-9-11-28(31)35/h9-11,13-16,21,23,29H,6-8,12,17-18,20H2,1-5H3/t23-,29?/m1/s1. The first-order valence-electron chi connectivity index (χ1n) is 14.5. The zero-order chi connectivity index (χ0) is 30.4. The normalized spacial score (nSPS) is 16.3. The van der Waals surface area contributed by atoms with Crippen LogP contribution in [0.25, 0.3) is 11.1 Å². The number of para-hydroxylation sites is 1. The fourth-order valence-corrected chi connectivity index (χ4v) is 5.31. The van der Waals surface area contributed by atoms with Crippen molar-refractivity contribution in [3.63, 3.8) is 0 Å². The van der Waals surface area contributed by atoms with Crippen molar-refractivity contribution in [3.8, 4) is 28.7 Å². The average Bonchev–Trinajstić information content (AvgIpc) is 3.58. The third-order valence-corrected chi connectivity index (χ3v) is 7.21. The molecule has 1 aliphatic rings. The maximum atomic E-state index is 14.1. The molecule has 0 aliphatic carbocycles. The highest BCUT2D eigenvalue weighted by atomic mass is 19.1. The average molecular weight is 580 g/mol. The van der Waals surface area contributed by atoms with Gasteiger partial charge in [0.2, 0.25) is 0 Å². The molecule has 42 heavy (non-hydrogen) atoms. The van der Waals surface area contributed by atoms with Crippen LogP contribution in [0, 0.1) is 23.0 Å². The number of hydrogen-bond donors (Lipinski definition) is 0. The van der Waals surface area contributed by atoms with Crippen LogP contribution >= 0.6 is 0 Å². The predicted molar refractivity (Wildman–Crippen MR) is 156 cm³/mol. The van der Waals surface area contributed by atoms with Gasteiger partial charge in [0.05, 0.1) is 17.8 Å². The Morgan fingerprint density at radius 1 is 1.12 bits per heavy atom. The summed E-state index contributed by atoms with van der Waals surface area (Å²) in [6, 6.07) is 12.2. The number of carbonyl (C=O) groups excluding carboxylic acids is 1. The predicted octanol–water partition coefficient (Wildman–Crippen LogP) is 7.85. The molecule has 0 bridgehead atoms. The summed E-state index contributed by atoms with van der Waals surface area (Å²) in [6.07, 6.45) is 5.60. The summed E-state index contributed by atoms with van der Waals surface area (Å²) in [7, 11) is 0. The number of esters is 1.